The lowest BCUT2D eigenvalue weighted by Crippen LogP contribution is -2.44. The van der Waals surface area contributed by atoms with Gasteiger partial charge in [-0.2, -0.15) is 0 Å². The highest BCUT2D eigenvalue weighted by Gasteiger charge is 2.37. The normalized spacial score (nSPS) is 20.3. The lowest BCUT2D eigenvalue weighted by molar-refractivity contribution is -0.172. The average molecular weight is 384 g/mol. The van der Waals surface area contributed by atoms with E-state index in [0.29, 0.717) is 0 Å². The Morgan fingerprint density at radius 3 is 2.69 bits per heavy atom. The Morgan fingerprint density at radius 1 is 1.03 bits per heavy atom. The summed E-state index contributed by atoms with van der Waals surface area (Å²) in [4.78, 5) is 2.31. The zero-order valence-corrected chi connectivity index (χ0v) is 17.3. The van der Waals surface area contributed by atoms with Gasteiger partial charge in [0.2, 0.25) is 0 Å². The Labute approximate surface area is 171 Å². The number of aryl methyl sites for hydroxylation is 1. The molecule has 0 bridgehead atoms. The molecule has 2 heterocycles. The molecule has 1 aromatic carbocycles. The smallest absolute Gasteiger partial charge is 0.200 e. The minimum atomic E-state index is -0.0190. The van der Waals surface area contributed by atoms with Gasteiger partial charge in [0.05, 0.1) is 6.07 Å². The molecule has 0 unspecified atom stereocenters. The van der Waals surface area contributed by atoms with Crippen molar-refractivity contribution in [2.75, 3.05) is 11.9 Å². The van der Waals surface area contributed by atoms with E-state index in [0.717, 1.165) is 41.7 Å². The first-order valence-corrected chi connectivity index (χ1v) is 10.4. The van der Waals surface area contributed by atoms with Crippen molar-refractivity contribution in [3.63, 3.8) is 0 Å². The number of nitrogens with zero attached hydrogens (tertiary/aromatic N) is 1. The second-order valence-corrected chi connectivity index (χ2v) is 8.70. The van der Waals surface area contributed by atoms with Crippen LogP contribution in [0.5, 0.6) is 0 Å². The van der Waals surface area contributed by atoms with Gasteiger partial charge in [0, 0.05) is 35.5 Å². The molecule has 146 valence electrons. The number of fused-ring (bicyclic) bond motifs is 3. The zero-order valence-electron chi connectivity index (χ0n) is 17.3. The molecule has 0 fully saturated rings. The highest BCUT2D eigenvalue weighted by Crippen LogP contribution is 2.47. The lowest BCUT2D eigenvalue weighted by atomic mass is 9.83. The zero-order chi connectivity index (χ0) is 20.2. The SMILES string of the molecule is CN1/C(=C/C=C2\CCCc3cc4ccc(=[NH2+])cc-4oc32)C(C)(C)c2ccccc21. The molecule has 0 aromatic heterocycles. The van der Waals surface area contributed by atoms with Crippen LogP contribution in [-0.4, -0.2) is 7.05 Å². The van der Waals surface area contributed by atoms with Gasteiger partial charge in [-0.15, -0.1) is 0 Å². The number of hydrogen-bond acceptors (Lipinski definition) is 2. The van der Waals surface area contributed by atoms with Gasteiger partial charge in [0.15, 0.2) is 5.36 Å². The van der Waals surface area contributed by atoms with Crippen molar-refractivity contribution in [1.29, 1.82) is 0 Å². The summed E-state index contributed by atoms with van der Waals surface area (Å²) in [6.45, 7) is 4.60. The second kappa shape index (κ2) is 6.48. The molecule has 0 amide bonds. The molecule has 3 heteroatoms. The van der Waals surface area contributed by atoms with E-state index in [-0.39, 0.29) is 5.41 Å². The van der Waals surface area contributed by atoms with Crippen molar-refractivity contribution in [3.8, 4) is 11.3 Å². The highest BCUT2D eigenvalue weighted by molar-refractivity contribution is 5.74. The van der Waals surface area contributed by atoms with Crippen LogP contribution < -0.4 is 15.7 Å². The van der Waals surface area contributed by atoms with Crippen molar-refractivity contribution < 1.29 is 9.83 Å². The summed E-state index contributed by atoms with van der Waals surface area (Å²) in [7, 11) is 2.16. The van der Waals surface area contributed by atoms with E-state index in [2.05, 4.69) is 68.3 Å². The van der Waals surface area contributed by atoms with E-state index in [9.17, 15) is 0 Å². The molecule has 2 aliphatic heterocycles. The summed E-state index contributed by atoms with van der Waals surface area (Å²) in [5.74, 6) is 1.87. The van der Waals surface area contributed by atoms with Crippen molar-refractivity contribution in [3.05, 3.63) is 88.6 Å². The van der Waals surface area contributed by atoms with Gasteiger partial charge in [0.1, 0.15) is 11.5 Å². The molecule has 0 radical (unpaired) electrons. The summed E-state index contributed by atoms with van der Waals surface area (Å²) in [6.07, 6.45) is 7.79. The molecule has 0 atom stereocenters. The molecule has 4 aliphatic rings. The van der Waals surface area contributed by atoms with Crippen LogP contribution in [0.1, 0.15) is 43.6 Å². The van der Waals surface area contributed by atoms with Gasteiger partial charge < -0.3 is 9.32 Å². The number of nitrogens with two attached hydrogens (primary N) is 1. The first-order chi connectivity index (χ1) is 13.9. The maximum Gasteiger partial charge on any atom is 0.200 e. The summed E-state index contributed by atoms with van der Waals surface area (Å²) in [5, 5.41) is 6.71. The van der Waals surface area contributed by atoms with Crippen LogP contribution in [-0.2, 0) is 11.8 Å². The van der Waals surface area contributed by atoms with Gasteiger partial charge in [0.25, 0.3) is 0 Å². The molecule has 29 heavy (non-hydrogen) atoms. The van der Waals surface area contributed by atoms with E-state index in [1.54, 1.807) is 0 Å². The molecular formula is C26H27N2O+. The van der Waals surface area contributed by atoms with Crippen LogP contribution in [0, 0.1) is 0 Å². The Bertz CT molecular complexity index is 1200. The maximum absolute atomic E-state index is 6.34. The Kier molecular flexibility index (Phi) is 4.02. The van der Waals surface area contributed by atoms with Crippen molar-refractivity contribution in [1.82, 2.24) is 0 Å². The van der Waals surface area contributed by atoms with Gasteiger partial charge >= 0.3 is 0 Å². The molecule has 3 nitrogen and oxygen atoms in total. The number of rotatable bonds is 1. The molecule has 5 rings (SSSR count). The van der Waals surface area contributed by atoms with Gasteiger partial charge in [-0.25, -0.2) is 0 Å². The third-order valence-corrected chi connectivity index (χ3v) is 6.44. The first kappa shape index (κ1) is 18.0. The Balaban J connectivity index is 1.60. The number of hydrogen-bond donors (Lipinski definition) is 1. The van der Waals surface area contributed by atoms with Crippen molar-refractivity contribution in [2.45, 2.75) is 38.5 Å². The quantitative estimate of drug-likeness (QED) is 0.688. The monoisotopic (exact) mass is 383 g/mol. The minimum Gasteiger partial charge on any atom is -0.456 e. The average Bonchev–Trinajstić information content (AvgIpc) is 2.91. The molecule has 0 saturated heterocycles. The van der Waals surface area contributed by atoms with E-state index >= 15 is 0 Å². The number of allylic oxidation sites excluding steroid dienone is 4. The maximum atomic E-state index is 6.34. The summed E-state index contributed by atoms with van der Waals surface area (Å²) >= 11 is 0. The number of benzene rings is 2. The third-order valence-electron chi connectivity index (χ3n) is 6.44. The minimum absolute atomic E-state index is 0.0190. The predicted molar refractivity (Wildman–Crippen MR) is 117 cm³/mol. The predicted octanol–water partition coefficient (Wildman–Crippen LogP) is 4.08. The van der Waals surface area contributed by atoms with Crippen LogP contribution in [0.3, 0.4) is 0 Å². The lowest BCUT2D eigenvalue weighted by Gasteiger charge is -2.24. The van der Waals surface area contributed by atoms with Crippen LogP contribution in [0.4, 0.5) is 5.69 Å². The van der Waals surface area contributed by atoms with Gasteiger partial charge in [-0.1, -0.05) is 38.1 Å². The second-order valence-electron chi connectivity index (χ2n) is 8.70. The first-order valence-electron chi connectivity index (χ1n) is 10.4. The largest absolute Gasteiger partial charge is 0.456 e. The third kappa shape index (κ3) is 2.84. The molecule has 2 N–H and O–H groups in total. The fourth-order valence-electron chi connectivity index (χ4n) is 4.87. The van der Waals surface area contributed by atoms with Gasteiger partial charge in [-0.3, -0.25) is 5.41 Å². The fraction of sp³-hybridized carbons (Fsp3) is 0.269. The van der Waals surface area contributed by atoms with Crippen molar-refractivity contribution in [2.24, 2.45) is 0 Å². The van der Waals surface area contributed by atoms with E-state index in [1.807, 2.05) is 18.2 Å². The fourth-order valence-corrected chi connectivity index (χ4v) is 4.87. The Hall–Kier alpha value is -3.07. The number of para-hydroxylation sites is 1. The van der Waals surface area contributed by atoms with Crippen molar-refractivity contribution >= 4 is 11.3 Å². The molecule has 0 spiro atoms. The van der Waals surface area contributed by atoms with Crippen LogP contribution in [0.15, 0.2) is 70.8 Å². The summed E-state index contributed by atoms with van der Waals surface area (Å²) < 4.78 is 6.34. The standard InChI is InChI=1S/C26H26N2O/c1-26(2)21-9-4-5-10-22(21)28(3)24(26)14-12-17-7-6-8-19-15-18-11-13-20(27)16-23(18)29-25(17)19/h4-5,9-16,27H,6-8H2,1-3H3/p+1/b17-12+,24-14+,27-20?. The molecule has 1 aromatic rings. The number of likely N-dealkylation sites (N-methyl/N-ethyl adjacent to an activating group) is 1. The van der Waals surface area contributed by atoms with E-state index in [1.165, 1.54) is 28.1 Å². The summed E-state index contributed by atoms with van der Waals surface area (Å²) in [6, 6.07) is 16.8. The molecule has 0 saturated carbocycles. The molecular weight excluding hydrogens is 356 g/mol. The van der Waals surface area contributed by atoms with Crippen LogP contribution in [0.25, 0.3) is 16.9 Å². The van der Waals surface area contributed by atoms with Crippen LogP contribution in [0.2, 0.25) is 0 Å². The van der Waals surface area contributed by atoms with Gasteiger partial charge in [-0.05, 0) is 60.2 Å². The highest BCUT2D eigenvalue weighted by atomic mass is 16.3. The van der Waals surface area contributed by atoms with E-state index < -0.39 is 0 Å². The number of anilines is 1. The summed E-state index contributed by atoms with van der Waals surface area (Å²) in [5.41, 5.74) is 7.63. The van der Waals surface area contributed by atoms with Crippen LogP contribution >= 0.6 is 0 Å². The Morgan fingerprint density at radius 2 is 1.86 bits per heavy atom. The molecule has 2 aliphatic carbocycles. The van der Waals surface area contributed by atoms with E-state index in [4.69, 9.17) is 9.83 Å². The topological polar surface area (TPSA) is 42.0 Å².